The molecule has 0 saturated carbocycles. The van der Waals surface area contributed by atoms with Crippen LogP contribution in [0.3, 0.4) is 0 Å². The number of nitrogens with zero attached hydrogens (tertiary/aromatic N) is 1. The van der Waals surface area contributed by atoms with E-state index in [9.17, 15) is 0 Å². The van der Waals surface area contributed by atoms with Gasteiger partial charge in [-0.15, -0.1) is 0 Å². The van der Waals surface area contributed by atoms with Crippen LogP contribution < -0.4 is 0 Å². The van der Waals surface area contributed by atoms with E-state index in [0.29, 0.717) is 11.3 Å². The molecule has 0 atom stereocenters. The molecular formula is C11H9NS. The van der Waals surface area contributed by atoms with E-state index >= 15 is 0 Å². The van der Waals surface area contributed by atoms with Gasteiger partial charge in [0.25, 0.3) is 0 Å². The topological polar surface area (TPSA) is 23.8 Å². The standard InChI is InChI=1S/C11H9NS/c1-9-7-10(8-12)4-5-11(9)3-2-6-13/h4-5,7,13H,6H2,1H3. The first-order chi connectivity index (χ1) is 6.27. The van der Waals surface area contributed by atoms with Crippen molar-refractivity contribution in [3.05, 3.63) is 34.9 Å². The Morgan fingerprint density at radius 3 is 2.77 bits per heavy atom. The van der Waals surface area contributed by atoms with Gasteiger partial charge in [0.05, 0.1) is 17.4 Å². The van der Waals surface area contributed by atoms with Gasteiger partial charge in [-0.05, 0) is 30.7 Å². The Kier molecular flexibility index (Phi) is 3.43. The predicted octanol–water partition coefficient (Wildman–Crippen LogP) is 2.15. The van der Waals surface area contributed by atoms with Crippen molar-refractivity contribution in [2.45, 2.75) is 6.92 Å². The maximum Gasteiger partial charge on any atom is 0.0991 e. The third kappa shape index (κ3) is 2.54. The van der Waals surface area contributed by atoms with Crippen LogP contribution in [0.2, 0.25) is 0 Å². The third-order valence-corrected chi connectivity index (χ3v) is 1.82. The molecule has 0 aromatic heterocycles. The van der Waals surface area contributed by atoms with Crippen molar-refractivity contribution >= 4 is 12.6 Å². The molecule has 0 heterocycles. The number of nitriles is 1. The van der Waals surface area contributed by atoms with Crippen LogP contribution in [0.1, 0.15) is 16.7 Å². The number of hydrogen-bond acceptors (Lipinski definition) is 2. The van der Waals surface area contributed by atoms with Gasteiger partial charge < -0.3 is 0 Å². The monoisotopic (exact) mass is 187 g/mol. The fraction of sp³-hybridized carbons (Fsp3) is 0.182. The van der Waals surface area contributed by atoms with E-state index < -0.39 is 0 Å². The molecule has 0 unspecified atom stereocenters. The number of benzene rings is 1. The molecule has 0 fully saturated rings. The lowest BCUT2D eigenvalue weighted by Gasteiger charge is -1.96. The second kappa shape index (κ2) is 4.60. The maximum atomic E-state index is 8.63. The summed E-state index contributed by atoms with van der Waals surface area (Å²) < 4.78 is 0. The van der Waals surface area contributed by atoms with Crippen LogP contribution >= 0.6 is 12.6 Å². The van der Waals surface area contributed by atoms with Gasteiger partial charge >= 0.3 is 0 Å². The first-order valence-electron chi connectivity index (χ1n) is 3.88. The fourth-order valence-corrected chi connectivity index (χ4v) is 1.09. The highest BCUT2D eigenvalue weighted by Crippen LogP contribution is 2.08. The van der Waals surface area contributed by atoms with Crippen LogP contribution in [0.5, 0.6) is 0 Å². The van der Waals surface area contributed by atoms with Gasteiger partial charge in [-0.25, -0.2) is 0 Å². The van der Waals surface area contributed by atoms with Crippen LogP contribution in [0.15, 0.2) is 18.2 Å². The van der Waals surface area contributed by atoms with E-state index in [1.54, 1.807) is 6.07 Å². The molecule has 0 radical (unpaired) electrons. The molecule has 0 N–H and O–H groups in total. The summed E-state index contributed by atoms with van der Waals surface area (Å²) in [6.07, 6.45) is 0. The summed E-state index contributed by atoms with van der Waals surface area (Å²) >= 11 is 4.00. The van der Waals surface area contributed by atoms with Crippen LogP contribution in [-0.4, -0.2) is 5.75 Å². The molecule has 0 saturated heterocycles. The van der Waals surface area contributed by atoms with Crippen LogP contribution in [0, 0.1) is 30.1 Å². The maximum absolute atomic E-state index is 8.63. The molecule has 0 spiro atoms. The van der Waals surface area contributed by atoms with Gasteiger partial charge in [-0.3, -0.25) is 0 Å². The second-order valence-corrected chi connectivity index (χ2v) is 2.92. The molecule has 64 valence electrons. The molecule has 0 amide bonds. The van der Waals surface area contributed by atoms with Crippen LogP contribution in [-0.2, 0) is 0 Å². The average molecular weight is 187 g/mol. The van der Waals surface area contributed by atoms with E-state index in [4.69, 9.17) is 5.26 Å². The summed E-state index contributed by atoms with van der Waals surface area (Å²) in [5.74, 6) is 6.41. The molecule has 1 aromatic rings. The Morgan fingerprint density at radius 1 is 1.46 bits per heavy atom. The first kappa shape index (κ1) is 9.71. The lowest BCUT2D eigenvalue weighted by Crippen LogP contribution is -1.84. The summed E-state index contributed by atoms with van der Waals surface area (Å²) in [7, 11) is 0. The highest BCUT2D eigenvalue weighted by Gasteiger charge is 1.95. The average Bonchev–Trinajstić information content (AvgIpc) is 2.16. The summed E-state index contributed by atoms with van der Waals surface area (Å²) in [6, 6.07) is 7.56. The Labute approximate surface area is 83.8 Å². The van der Waals surface area contributed by atoms with Gasteiger partial charge in [-0.1, -0.05) is 11.8 Å². The zero-order chi connectivity index (χ0) is 9.68. The number of aryl methyl sites for hydroxylation is 1. The second-order valence-electron chi connectivity index (χ2n) is 2.60. The normalized spacial score (nSPS) is 8.38. The molecule has 1 rings (SSSR count). The zero-order valence-electron chi connectivity index (χ0n) is 7.33. The number of rotatable bonds is 0. The summed E-state index contributed by atoms with van der Waals surface area (Å²) in [5, 5.41) is 8.63. The zero-order valence-corrected chi connectivity index (χ0v) is 8.23. The van der Waals surface area contributed by atoms with Crippen molar-refractivity contribution in [3.63, 3.8) is 0 Å². The third-order valence-electron chi connectivity index (χ3n) is 1.66. The van der Waals surface area contributed by atoms with Gasteiger partial charge in [0.2, 0.25) is 0 Å². The quantitative estimate of drug-likeness (QED) is 0.488. The minimum atomic E-state index is 0.555. The number of thiol groups is 1. The Hall–Kier alpha value is -1.38. The summed E-state index contributed by atoms with van der Waals surface area (Å²) in [6.45, 7) is 1.95. The molecule has 1 aromatic carbocycles. The van der Waals surface area contributed by atoms with E-state index in [-0.39, 0.29) is 0 Å². The van der Waals surface area contributed by atoms with Crippen LogP contribution in [0.4, 0.5) is 0 Å². The Bertz CT molecular complexity index is 404. The molecule has 1 nitrogen and oxygen atoms in total. The van der Waals surface area contributed by atoms with Crippen molar-refractivity contribution in [2.24, 2.45) is 0 Å². The molecule has 0 aliphatic carbocycles. The molecule has 0 aliphatic rings. The summed E-state index contributed by atoms with van der Waals surface area (Å²) in [5.41, 5.74) is 2.68. The smallest absolute Gasteiger partial charge is 0.0991 e. The van der Waals surface area contributed by atoms with Crippen molar-refractivity contribution in [1.29, 1.82) is 5.26 Å². The molecule has 0 aliphatic heterocycles. The van der Waals surface area contributed by atoms with Crippen molar-refractivity contribution < 1.29 is 0 Å². The van der Waals surface area contributed by atoms with E-state index in [1.165, 1.54) is 0 Å². The van der Waals surface area contributed by atoms with E-state index in [0.717, 1.165) is 11.1 Å². The predicted molar refractivity (Wildman–Crippen MR) is 56.6 cm³/mol. The van der Waals surface area contributed by atoms with Gasteiger partial charge in [0.15, 0.2) is 0 Å². The molecule has 0 bridgehead atoms. The molecule has 13 heavy (non-hydrogen) atoms. The highest BCUT2D eigenvalue weighted by molar-refractivity contribution is 7.80. The SMILES string of the molecule is Cc1cc(C#N)ccc1C#CCS. The van der Waals surface area contributed by atoms with Crippen LogP contribution in [0.25, 0.3) is 0 Å². The minimum absolute atomic E-state index is 0.555. The van der Waals surface area contributed by atoms with E-state index in [1.807, 2.05) is 19.1 Å². The van der Waals surface area contributed by atoms with Crippen molar-refractivity contribution in [2.75, 3.05) is 5.75 Å². The minimum Gasteiger partial charge on any atom is -0.192 e. The number of hydrogen-bond donors (Lipinski definition) is 1. The van der Waals surface area contributed by atoms with Gasteiger partial charge in [0, 0.05) is 5.56 Å². The van der Waals surface area contributed by atoms with E-state index in [2.05, 4.69) is 30.5 Å². The lowest BCUT2D eigenvalue weighted by atomic mass is 10.1. The molecular weight excluding hydrogens is 178 g/mol. The first-order valence-corrected chi connectivity index (χ1v) is 4.51. The largest absolute Gasteiger partial charge is 0.192 e. The van der Waals surface area contributed by atoms with Gasteiger partial charge in [-0.2, -0.15) is 17.9 Å². The van der Waals surface area contributed by atoms with Crippen molar-refractivity contribution in [1.82, 2.24) is 0 Å². The van der Waals surface area contributed by atoms with Gasteiger partial charge in [0.1, 0.15) is 0 Å². The molecule has 2 heteroatoms. The Balaban J connectivity index is 3.07. The van der Waals surface area contributed by atoms with Crippen molar-refractivity contribution in [3.8, 4) is 17.9 Å². The summed E-state index contributed by atoms with van der Waals surface area (Å²) in [4.78, 5) is 0. The highest BCUT2D eigenvalue weighted by atomic mass is 32.1. The fourth-order valence-electron chi connectivity index (χ4n) is 1.01. The Morgan fingerprint density at radius 2 is 2.23 bits per heavy atom. The lowest BCUT2D eigenvalue weighted by molar-refractivity contribution is 1.40.